The summed E-state index contributed by atoms with van der Waals surface area (Å²) >= 11 is 0. The van der Waals surface area contributed by atoms with Crippen molar-refractivity contribution in [2.45, 2.75) is 26.2 Å². The third-order valence-electron chi connectivity index (χ3n) is 7.14. The zero-order valence-corrected chi connectivity index (χ0v) is 26.1. The van der Waals surface area contributed by atoms with Gasteiger partial charge in [-0.2, -0.15) is 0 Å². The Balaban J connectivity index is 0.00000353. The van der Waals surface area contributed by atoms with E-state index < -0.39 is 0 Å². The van der Waals surface area contributed by atoms with Gasteiger partial charge in [0, 0.05) is 6.20 Å². The van der Waals surface area contributed by atoms with Crippen LogP contribution in [0.5, 0.6) is 0 Å². The fraction of sp³-hybridized carbons (Fsp3) is 0.105. The number of rotatable bonds is 6. The number of nitrogens with zero attached hydrogens (tertiary/aromatic N) is 3. The van der Waals surface area contributed by atoms with Gasteiger partial charge in [-0.3, -0.25) is 9.97 Å². The van der Waals surface area contributed by atoms with Crippen molar-refractivity contribution in [3.8, 4) is 44.9 Å². The van der Waals surface area contributed by atoms with E-state index in [0.29, 0.717) is 0 Å². The quantitative estimate of drug-likeness (QED) is 0.161. The van der Waals surface area contributed by atoms with Crippen LogP contribution in [-0.4, -0.2) is 9.97 Å². The summed E-state index contributed by atoms with van der Waals surface area (Å²) < 4.78 is 0. The van der Waals surface area contributed by atoms with E-state index >= 15 is 0 Å². The molecule has 6 rings (SSSR count). The molecule has 2 aromatic heterocycles. The van der Waals surface area contributed by atoms with Crippen LogP contribution < -0.4 is 0 Å². The number of pyridine rings is 2. The molecule has 4 aromatic carbocycles. The molecule has 0 aliphatic rings. The molecule has 0 amide bonds. The summed E-state index contributed by atoms with van der Waals surface area (Å²) in [7, 11) is 0. The van der Waals surface area contributed by atoms with E-state index in [1.807, 2.05) is 66.9 Å². The van der Waals surface area contributed by atoms with Crippen LogP contribution in [0.1, 0.15) is 26.3 Å². The topological polar surface area (TPSA) is 39.9 Å². The molecule has 0 saturated heterocycles. The first-order valence-corrected chi connectivity index (χ1v) is 13.9. The van der Waals surface area contributed by atoms with Crippen molar-refractivity contribution in [2.24, 2.45) is 0 Å². The normalized spacial score (nSPS) is 11.0. The SMILES string of the molecule is CC(C)(C)c1ccc([N-]c2ccccc2-c2cc(-c3ccccc3)cc(-c3[c-]cccc3)n2)c(-c2ccccn2)c1.[Pt+2]. The molecule has 0 bridgehead atoms. The minimum absolute atomic E-state index is 0. The van der Waals surface area contributed by atoms with Gasteiger partial charge < -0.3 is 5.32 Å². The average molecular weight is 725 g/mol. The van der Waals surface area contributed by atoms with Gasteiger partial charge in [0.25, 0.3) is 0 Å². The van der Waals surface area contributed by atoms with Crippen LogP contribution in [0.4, 0.5) is 11.4 Å². The largest absolute Gasteiger partial charge is 2.00 e. The summed E-state index contributed by atoms with van der Waals surface area (Å²) in [6.07, 6.45) is 1.83. The minimum Gasteiger partial charge on any atom is -0.657 e. The van der Waals surface area contributed by atoms with E-state index in [1.165, 1.54) is 5.56 Å². The van der Waals surface area contributed by atoms with Gasteiger partial charge in [0.05, 0.1) is 11.4 Å². The predicted molar refractivity (Wildman–Crippen MR) is 170 cm³/mol. The van der Waals surface area contributed by atoms with Crippen molar-refractivity contribution >= 4 is 11.4 Å². The van der Waals surface area contributed by atoms with E-state index in [0.717, 1.165) is 56.3 Å². The Morgan fingerprint density at radius 3 is 2.05 bits per heavy atom. The summed E-state index contributed by atoms with van der Waals surface area (Å²) in [5.41, 5.74) is 10.8. The maximum absolute atomic E-state index is 5.23. The molecule has 0 radical (unpaired) electrons. The van der Waals surface area contributed by atoms with Crippen LogP contribution in [-0.2, 0) is 26.5 Å². The molecule has 0 spiro atoms. The molecule has 4 heteroatoms. The molecule has 0 aliphatic carbocycles. The molecular weight excluding hydrogens is 694 g/mol. The number of benzene rings is 4. The molecule has 6 aromatic rings. The Bertz CT molecular complexity index is 1720. The maximum atomic E-state index is 5.23. The number of para-hydroxylation sites is 1. The molecule has 42 heavy (non-hydrogen) atoms. The molecule has 0 N–H and O–H groups in total. The van der Waals surface area contributed by atoms with Crippen molar-refractivity contribution in [1.82, 2.24) is 9.97 Å². The Morgan fingerprint density at radius 1 is 0.595 bits per heavy atom. The van der Waals surface area contributed by atoms with Gasteiger partial charge in [0.1, 0.15) is 0 Å². The zero-order valence-electron chi connectivity index (χ0n) is 23.9. The Kier molecular flexibility index (Phi) is 8.80. The molecular formula is C38H31N3Pt. The summed E-state index contributed by atoms with van der Waals surface area (Å²) in [4.78, 5) is 9.79. The van der Waals surface area contributed by atoms with Crippen molar-refractivity contribution in [2.75, 3.05) is 0 Å². The first-order chi connectivity index (χ1) is 20.0. The number of aromatic nitrogens is 2. The van der Waals surface area contributed by atoms with Crippen LogP contribution in [0.2, 0.25) is 0 Å². The second-order valence-electron chi connectivity index (χ2n) is 11.1. The van der Waals surface area contributed by atoms with Gasteiger partial charge in [-0.05, 0) is 57.1 Å². The fourth-order valence-electron chi connectivity index (χ4n) is 4.90. The molecule has 0 aliphatic heterocycles. The third-order valence-corrected chi connectivity index (χ3v) is 7.14. The van der Waals surface area contributed by atoms with Gasteiger partial charge >= 0.3 is 21.1 Å². The second kappa shape index (κ2) is 12.7. The van der Waals surface area contributed by atoms with Crippen molar-refractivity contribution < 1.29 is 21.1 Å². The molecule has 0 unspecified atom stereocenters. The monoisotopic (exact) mass is 724 g/mol. The fourth-order valence-corrected chi connectivity index (χ4v) is 4.90. The van der Waals surface area contributed by atoms with Crippen LogP contribution >= 0.6 is 0 Å². The molecule has 208 valence electrons. The first kappa shape index (κ1) is 29.2. The van der Waals surface area contributed by atoms with E-state index in [9.17, 15) is 0 Å². The van der Waals surface area contributed by atoms with Crippen LogP contribution in [0.15, 0.2) is 134 Å². The summed E-state index contributed by atoms with van der Waals surface area (Å²) in [6.45, 7) is 6.68. The molecule has 2 heterocycles. The summed E-state index contributed by atoms with van der Waals surface area (Å²) in [5, 5.41) is 5.23. The van der Waals surface area contributed by atoms with Crippen LogP contribution in [0.25, 0.3) is 50.2 Å². The summed E-state index contributed by atoms with van der Waals surface area (Å²) in [6, 6.07) is 46.8. The van der Waals surface area contributed by atoms with E-state index in [1.54, 1.807) is 0 Å². The number of hydrogen-bond donors (Lipinski definition) is 0. The molecule has 0 fully saturated rings. The number of hydrogen-bond acceptors (Lipinski definition) is 2. The Hall–Kier alpha value is -4.33. The Labute approximate surface area is 263 Å². The van der Waals surface area contributed by atoms with Crippen LogP contribution in [0.3, 0.4) is 0 Å². The van der Waals surface area contributed by atoms with E-state index in [4.69, 9.17) is 10.3 Å². The summed E-state index contributed by atoms with van der Waals surface area (Å²) in [5.74, 6) is 0. The maximum Gasteiger partial charge on any atom is 2.00 e. The third kappa shape index (κ3) is 6.43. The smallest absolute Gasteiger partial charge is 0.657 e. The van der Waals surface area contributed by atoms with Gasteiger partial charge in [-0.25, -0.2) is 0 Å². The van der Waals surface area contributed by atoms with Gasteiger partial charge in [-0.15, -0.1) is 47.3 Å². The van der Waals surface area contributed by atoms with Crippen molar-refractivity contribution in [1.29, 1.82) is 0 Å². The van der Waals surface area contributed by atoms with E-state index in [2.05, 4.69) is 98.6 Å². The second-order valence-corrected chi connectivity index (χ2v) is 11.1. The first-order valence-electron chi connectivity index (χ1n) is 13.9. The standard InChI is InChI=1S/C38H31N3.Pt/c1-38(2,3)30-21-22-35(32(26-30)33-19-12-13-23-39-33)40-34-20-11-10-18-31(34)37-25-29(27-14-6-4-7-15-27)24-36(41-37)28-16-8-5-9-17-28;/h4-16,18-26H,1-3H3;/q-2;+2. The van der Waals surface area contributed by atoms with Crippen molar-refractivity contribution in [3.05, 3.63) is 151 Å². The predicted octanol–water partition coefficient (Wildman–Crippen LogP) is 10.6. The average Bonchev–Trinajstić information content (AvgIpc) is 3.02. The molecule has 0 atom stereocenters. The van der Waals surface area contributed by atoms with Crippen molar-refractivity contribution in [3.63, 3.8) is 0 Å². The minimum atomic E-state index is 0. The van der Waals surface area contributed by atoms with Gasteiger partial charge in [0.2, 0.25) is 0 Å². The molecule has 0 saturated carbocycles. The molecule has 3 nitrogen and oxygen atoms in total. The zero-order chi connectivity index (χ0) is 28.2. The van der Waals surface area contributed by atoms with Crippen LogP contribution in [0, 0.1) is 6.07 Å². The Morgan fingerprint density at radius 2 is 1.31 bits per heavy atom. The van der Waals surface area contributed by atoms with Gasteiger partial charge in [0.15, 0.2) is 0 Å². The van der Waals surface area contributed by atoms with E-state index in [-0.39, 0.29) is 26.5 Å². The van der Waals surface area contributed by atoms with Gasteiger partial charge in [-0.1, -0.05) is 106 Å².